The second-order valence-corrected chi connectivity index (χ2v) is 6.98. The summed E-state index contributed by atoms with van der Waals surface area (Å²) in [4.78, 5) is 17.3. The Balaban J connectivity index is 1.83. The smallest absolute Gasteiger partial charge is 0.286 e. The highest BCUT2D eigenvalue weighted by molar-refractivity contribution is 7.16. The van der Waals surface area contributed by atoms with Gasteiger partial charge in [-0.05, 0) is 36.8 Å². The summed E-state index contributed by atoms with van der Waals surface area (Å²) in [7, 11) is 3.24. The van der Waals surface area contributed by atoms with Crippen molar-refractivity contribution < 1.29 is 19.0 Å². The first kappa shape index (κ1) is 19.1. The van der Waals surface area contributed by atoms with Crippen molar-refractivity contribution in [2.45, 2.75) is 13.5 Å². The van der Waals surface area contributed by atoms with Crippen molar-refractivity contribution in [3.63, 3.8) is 0 Å². The third kappa shape index (κ3) is 4.75. The van der Waals surface area contributed by atoms with Crippen LogP contribution >= 0.6 is 11.3 Å². The molecule has 2 aromatic carbocycles. The van der Waals surface area contributed by atoms with E-state index < -0.39 is 0 Å². The number of aromatic nitrogens is 1. The SMILES string of the molecule is COCCn1c(=NC(=O)COc2cccc(OC)c2)sc2cc(C)ccc21. The van der Waals surface area contributed by atoms with Gasteiger partial charge in [0.25, 0.3) is 5.91 Å². The molecule has 1 aromatic heterocycles. The summed E-state index contributed by atoms with van der Waals surface area (Å²) in [6, 6.07) is 13.3. The summed E-state index contributed by atoms with van der Waals surface area (Å²) in [5.41, 5.74) is 2.21. The van der Waals surface area contributed by atoms with Crippen molar-refractivity contribution in [1.29, 1.82) is 0 Å². The summed E-state index contributed by atoms with van der Waals surface area (Å²) >= 11 is 1.49. The predicted molar refractivity (Wildman–Crippen MR) is 105 cm³/mol. The topological polar surface area (TPSA) is 62.1 Å². The molecule has 0 spiro atoms. The van der Waals surface area contributed by atoms with Gasteiger partial charge in [0.15, 0.2) is 11.4 Å². The zero-order chi connectivity index (χ0) is 19.2. The summed E-state index contributed by atoms with van der Waals surface area (Å²) in [5, 5.41) is 0. The number of benzene rings is 2. The van der Waals surface area contributed by atoms with Gasteiger partial charge in [-0.15, -0.1) is 0 Å². The normalized spacial score (nSPS) is 11.7. The monoisotopic (exact) mass is 386 g/mol. The molecule has 0 N–H and O–H groups in total. The van der Waals surface area contributed by atoms with Gasteiger partial charge in [-0.3, -0.25) is 4.79 Å². The van der Waals surface area contributed by atoms with Gasteiger partial charge < -0.3 is 18.8 Å². The first-order chi connectivity index (χ1) is 13.1. The number of fused-ring (bicyclic) bond motifs is 1. The Labute approximate surface area is 161 Å². The first-order valence-electron chi connectivity index (χ1n) is 8.54. The standard InChI is InChI=1S/C20H22N2O4S/c1-14-7-8-17-18(11-14)27-20(22(17)9-10-24-2)21-19(23)13-26-16-6-4-5-15(12-16)25-3/h4-8,11-12H,9-10,13H2,1-3H3. The van der Waals surface area contributed by atoms with E-state index in [2.05, 4.69) is 17.1 Å². The van der Waals surface area contributed by atoms with E-state index in [9.17, 15) is 4.79 Å². The number of hydrogen-bond acceptors (Lipinski definition) is 5. The van der Waals surface area contributed by atoms with Gasteiger partial charge in [-0.25, -0.2) is 0 Å². The van der Waals surface area contributed by atoms with Crippen LogP contribution in [0.25, 0.3) is 10.2 Å². The van der Waals surface area contributed by atoms with Crippen LogP contribution in [0, 0.1) is 6.92 Å². The zero-order valence-corrected chi connectivity index (χ0v) is 16.4. The maximum Gasteiger partial charge on any atom is 0.286 e. The van der Waals surface area contributed by atoms with Crippen LogP contribution in [0.4, 0.5) is 0 Å². The van der Waals surface area contributed by atoms with Crippen molar-refractivity contribution in [2.75, 3.05) is 27.4 Å². The third-order valence-corrected chi connectivity index (χ3v) is 5.02. The Hall–Kier alpha value is -2.64. The van der Waals surface area contributed by atoms with Gasteiger partial charge in [0.05, 0.1) is 23.9 Å². The lowest BCUT2D eigenvalue weighted by Crippen LogP contribution is -2.21. The van der Waals surface area contributed by atoms with Crippen molar-refractivity contribution in [3.8, 4) is 11.5 Å². The zero-order valence-electron chi connectivity index (χ0n) is 15.6. The summed E-state index contributed by atoms with van der Waals surface area (Å²) < 4.78 is 19.0. The molecule has 7 heteroatoms. The molecule has 1 heterocycles. The first-order valence-corrected chi connectivity index (χ1v) is 9.35. The lowest BCUT2D eigenvalue weighted by atomic mass is 10.2. The summed E-state index contributed by atoms with van der Waals surface area (Å²) in [6.07, 6.45) is 0. The van der Waals surface area contributed by atoms with E-state index in [4.69, 9.17) is 14.2 Å². The molecule has 0 aliphatic heterocycles. The molecule has 3 aromatic rings. The minimum Gasteiger partial charge on any atom is -0.497 e. The van der Waals surface area contributed by atoms with Crippen LogP contribution in [-0.4, -0.2) is 37.9 Å². The number of carbonyl (C=O) groups excluding carboxylic acids is 1. The number of nitrogens with zero attached hydrogens (tertiary/aromatic N) is 2. The molecule has 3 rings (SSSR count). The lowest BCUT2D eigenvalue weighted by Gasteiger charge is -2.06. The van der Waals surface area contributed by atoms with Crippen molar-refractivity contribution in [1.82, 2.24) is 4.57 Å². The highest BCUT2D eigenvalue weighted by atomic mass is 32.1. The molecule has 6 nitrogen and oxygen atoms in total. The fourth-order valence-electron chi connectivity index (χ4n) is 2.64. The van der Waals surface area contributed by atoms with E-state index in [1.807, 2.05) is 29.7 Å². The van der Waals surface area contributed by atoms with E-state index in [1.54, 1.807) is 26.4 Å². The van der Waals surface area contributed by atoms with Crippen LogP contribution in [0.5, 0.6) is 11.5 Å². The number of methoxy groups -OCH3 is 2. The molecule has 0 saturated heterocycles. The van der Waals surface area contributed by atoms with Gasteiger partial charge in [0.2, 0.25) is 0 Å². The van der Waals surface area contributed by atoms with Crippen molar-refractivity contribution in [3.05, 3.63) is 52.8 Å². The third-order valence-electron chi connectivity index (χ3n) is 3.98. The molecular weight excluding hydrogens is 364 g/mol. The molecule has 0 saturated carbocycles. The summed E-state index contributed by atoms with van der Waals surface area (Å²) in [6.45, 7) is 3.08. The second kappa shape index (κ2) is 8.83. The Morgan fingerprint density at radius 1 is 1.15 bits per heavy atom. The van der Waals surface area contributed by atoms with Crippen LogP contribution in [-0.2, 0) is 16.1 Å². The Morgan fingerprint density at radius 2 is 1.96 bits per heavy atom. The molecule has 142 valence electrons. The average molecular weight is 386 g/mol. The maximum atomic E-state index is 12.3. The van der Waals surface area contributed by atoms with Crippen LogP contribution in [0.3, 0.4) is 0 Å². The predicted octanol–water partition coefficient (Wildman–Crippen LogP) is 3.17. The van der Waals surface area contributed by atoms with Crippen LogP contribution in [0.1, 0.15) is 5.56 Å². The molecule has 1 amide bonds. The average Bonchev–Trinajstić information content (AvgIpc) is 3.00. The van der Waals surface area contributed by atoms with Crippen LogP contribution < -0.4 is 14.3 Å². The van der Waals surface area contributed by atoms with E-state index in [0.29, 0.717) is 29.5 Å². The van der Waals surface area contributed by atoms with Crippen molar-refractivity contribution in [2.24, 2.45) is 4.99 Å². The molecule has 0 bridgehead atoms. The highest BCUT2D eigenvalue weighted by Crippen LogP contribution is 2.20. The fraction of sp³-hybridized carbons (Fsp3) is 0.300. The minimum absolute atomic E-state index is 0.134. The minimum atomic E-state index is -0.340. The lowest BCUT2D eigenvalue weighted by molar-refractivity contribution is -0.120. The largest absolute Gasteiger partial charge is 0.497 e. The van der Waals surface area contributed by atoms with Crippen molar-refractivity contribution >= 4 is 27.5 Å². The molecule has 0 radical (unpaired) electrons. The quantitative estimate of drug-likeness (QED) is 0.626. The number of rotatable bonds is 7. The number of amides is 1. The molecule has 0 atom stereocenters. The maximum absolute atomic E-state index is 12.3. The van der Waals surface area contributed by atoms with Crippen LogP contribution in [0.2, 0.25) is 0 Å². The fourth-order valence-corrected chi connectivity index (χ4v) is 3.81. The van der Waals surface area contributed by atoms with E-state index in [0.717, 1.165) is 10.2 Å². The Kier molecular flexibility index (Phi) is 6.26. The number of thiazole rings is 1. The molecule has 0 aliphatic rings. The number of ether oxygens (including phenoxy) is 3. The van der Waals surface area contributed by atoms with E-state index in [-0.39, 0.29) is 12.5 Å². The van der Waals surface area contributed by atoms with Gasteiger partial charge >= 0.3 is 0 Å². The molecular formula is C20H22N2O4S. The Bertz CT molecular complexity index is 1010. The van der Waals surface area contributed by atoms with E-state index >= 15 is 0 Å². The van der Waals surface area contributed by atoms with E-state index in [1.165, 1.54) is 16.9 Å². The molecule has 0 fully saturated rings. The van der Waals surface area contributed by atoms with Crippen LogP contribution in [0.15, 0.2) is 47.5 Å². The number of hydrogen-bond donors (Lipinski definition) is 0. The Morgan fingerprint density at radius 3 is 2.74 bits per heavy atom. The van der Waals surface area contributed by atoms with Gasteiger partial charge in [-0.2, -0.15) is 4.99 Å². The van der Waals surface area contributed by atoms with Gasteiger partial charge in [0.1, 0.15) is 11.5 Å². The van der Waals surface area contributed by atoms with Gasteiger partial charge in [0, 0.05) is 19.7 Å². The number of carbonyl (C=O) groups is 1. The molecule has 0 aliphatic carbocycles. The van der Waals surface area contributed by atoms with Gasteiger partial charge in [-0.1, -0.05) is 23.5 Å². The number of aryl methyl sites for hydroxylation is 1. The molecule has 27 heavy (non-hydrogen) atoms. The highest BCUT2D eigenvalue weighted by Gasteiger charge is 2.09. The molecule has 0 unspecified atom stereocenters. The second-order valence-electron chi connectivity index (χ2n) is 5.97. The summed E-state index contributed by atoms with van der Waals surface area (Å²) in [5.74, 6) is 0.901.